The average molecular weight is 894 g/mol. The maximum Gasteiger partial charge on any atom is 0.508 e. The molecule has 0 heterocycles. The topological polar surface area (TPSA) is 91.4 Å². The maximum atomic E-state index is 13.5. The number of benzene rings is 1. The van der Waals surface area contributed by atoms with Crippen molar-refractivity contribution in [1.29, 1.82) is 0 Å². The van der Waals surface area contributed by atoms with Gasteiger partial charge >= 0.3 is 18.1 Å². The Balaban J connectivity index is 2.37. The molecule has 0 aliphatic rings. The van der Waals surface area contributed by atoms with Crippen molar-refractivity contribution in [1.82, 2.24) is 4.90 Å². The lowest BCUT2D eigenvalue weighted by molar-refractivity contribution is -0.142. The molecule has 0 aliphatic heterocycles. The van der Waals surface area contributed by atoms with Crippen molar-refractivity contribution in [3.8, 4) is 5.75 Å². The molecule has 0 aromatic heterocycles. The number of carbonyl (C=O) groups is 3. The Labute approximate surface area is 382 Å². The van der Waals surface area contributed by atoms with E-state index in [0.29, 0.717) is 37.0 Å². The van der Waals surface area contributed by atoms with Crippen molar-refractivity contribution < 1.29 is 33.3 Å². The fourth-order valence-corrected chi connectivity index (χ4v) is 9.12. The fourth-order valence-electron chi connectivity index (χ4n) is 7.46. The molecular formula is C51H91NO7S2. The van der Waals surface area contributed by atoms with E-state index in [4.69, 9.17) is 18.9 Å². The molecule has 0 radical (unpaired) electrons. The highest BCUT2D eigenvalue weighted by atomic mass is 33.1. The van der Waals surface area contributed by atoms with Gasteiger partial charge in [-0.15, -0.1) is 0 Å². The van der Waals surface area contributed by atoms with Gasteiger partial charge in [-0.2, -0.15) is 0 Å². The lowest BCUT2D eigenvalue weighted by Crippen LogP contribution is -2.21. The molecule has 0 spiro atoms. The van der Waals surface area contributed by atoms with Crippen LogP contribution in [0.1, 0.15) is 212 Å². The van der Waals surface area contributed by atoms with Crippen LogP contribution < -0.4 is 4.74 Å². The van der Waals surface area contributed by atoms with Gasteiger partial charge < -0.3 is 23.8 Å². The van der Waals surface area contributed by atoms with E-state index in [-0.39, 0.29) is 30.9 Å². The van der Waals surface area contributed by atoms with E-state index >= 15 is 0 Å². The summed E-state index contributed by atoms with van der Waals surface area (Å²) in [5.41, 5.74) is 0.822. The number of likely N-dealkylation sites (N-methyl/N-ethyl adjacent to an activating group) is 1. The Morgan fingerprint density at radius 3 is 1.30 bits per heavy atom. The molecular weight excluding hydrogens is 803 g/mol. The zero-order valence-corrected chi connectivity index (χ0v) is 41.3. The lowest BCUT2D eigenvalue weighted by atomic mass is 9.94. The van der Waals surface area contributed by atoms with Crippen molar-refractivity contribution in [3.05, 3.63) is 29.8 Å². The van der Waals surface area contributed by atoms with Crippen molar-refractivity contribution in [3.63, 3.8) is 0 Å². The Hall–Kier alpha value is -1.91. The fraction of sp³-hybridized carbons (Fsp3) is 0.824. The second kappa shape index (κ2) is 43.3. The van der Waals surface area contributed by atoms with Gasteiger partial charge in [0.25, 0.3) is 0 Å². The minimum absolute atomic E-state index is 0.0672. The average Bonchev–Trinajstić information content (AvgIpc) is 3.24. The first kappa shape index (κ1) is 57.1. The molecule has 0 amide bonds. The standard InChI is InChI=1S/C51H91NO7S2/c1-5-7-9-11-13-15-17-19-21-23-25-27-29-31-33-47(34-32-30-28-26-24-22-20-18-16-14-12-10-8-6-2)50(54)59-48-37-35-46(36-38-48)45-49(53)56-41-43-60-61-44-42-58-51(55)57-40-39-52(3)4/h35-38,47H,5-34,39-45H2,1-4H3. The summed E-state index contributed by atoms with van der Waals surface area (Å²) in [6, 6.07) is 7.28. The normalized spacial score (nSPS) is 11.4. The molecule has 1 rings (SSSR count). The zero-order valence-electron chi connectivity index (χ0n) is 39.7. The first-order valence-electron chi connectivity index (χ1n) is 25.0. The SMILES string of the molecule is CCCCCCCCCCCCCCCCC(CCCCCCCCCCCCCCCC)C(=O)Oc1ccc(CC(=O)OCCSSCCOC(=O)OCCN(C)C)cc1. The van der Waals surface area contributed by atoms with Crippen LogP contribution in [0.4, 0.5) is 4.79 Å². The first-order chi connectivity index (χ1) is 29.8. The van der Waals surface area contributed by atoms with Gasteiger partial charge in [-0.25, -0.2) is 4.79 Å². The number of unbranched alkanes of at least 4 members (excludes halogenated alkanes) is 26. The predicted octanol–water partition coefficient (Wildman–Crippen LogP) is 15.1. The van der Waals surface area contributed by atoms with Crippen LogP contribution in [0.15, 0.2) is 24.3 Å². The van der Waals surface area contributed by atoms with Crippen LogP contribution in [-0.4, -0.2) is 75.0 Å². The van der Waals surface area contributed by atoms with Crippen LogP contribution in [-0.2, 0) is 30.2 Å². The molecule has 0 fully saturated rings. The number of carbonyl (C=O) groups excluding carboxylic acids is 3. The number of hydrogen-bond donors (Lipinski definition) is 0. The summed E-state index contributed by atoms with van der Waals surface area (Å²) in [4.78, 5) is 39.4. The van der Waals surface area contributed by atoms with Crippen molar-refractivity contribution in [2.24, 2.45) is 5.92 Å². The molecule has 1 aromatic rings. The van der Waals surface area contributed by atoms with Gasteiger partial charge in [-0.3, -0.25) is 9.59 Å². The summed E-state index contributed by atoms with van der Waals surface area (Å²) in [5.74, 6) is 1.32. The van der Waals surface area contributed by atoms with E-state index in [1.165, 1.54) is 167 Å². The molecule has 0 aliphatic carbocycles. The van der Waals surface area contributed by atoms with Crippen LogP contribution in [0.2, 0.25) is 0 Å². The highest BCUT2D eigenvalue weighted by molar-refractivity contribution is 8.76. The quantitative estimate of drug-likeness (QED) is 0.0273. The van der Waals surface area contributed by atoms with Gasteiger partial charge in [0.2, 0.25) is 0 Å². The molecule has 0 N–H and O–H groups in total. The highest BCUT2D eigenvalue weighted by Gasteiger charge is 2.20. The van der Waals surface area contributed by atoms with Gasteiger partial charge in [0.05, 0.1) is 12.3 Å². The molecule has 8 nitrogen and oxygen atoms in total. The third-order valence-corrected chi connectivity index (χ3v) is 13.6. The predicted molar refractivity (Wildman–Crippen MR) is 261 cm³/mol. The van der Waals surface area contributed by atoms with E-state index in [1.807, 2.05) is 31.1 Å². The summed E-state index contributed by atoms with van der Waals surface area (Å²) in [5, 5.41) is 0. The summed E-state index contributed by atoms with van der Waals surface area (Å²) in [7, 11) is 6.94. The van der Waals surface area contributed by atoms with Gasteiger partial charge in [0.1, 0.15) is 25.6 Å². The molecule has 0 atom stereocenters. The van der Waals surface area contributed by atoms with E-state index in [0.717, 1.165) is 31.2 Å². The Morgan fingerprint density at radius 1 is 0.508 bits per heavy atom. The molecule has 61 heavy (non-hydrogen) atoms. The largest absolute Gasteiger partial charge is 0.508 e. The molecule has 1 aromatic carbocycles. The van der Waals surface area contributed by atoms with E-state index in [9.17, 15) is 14.4 Å². The lowest BCUT2D eigenvalue weighted by Gasteiger charge is -2.16. The maximum absolute atomic E-state index is 13.5. The molecule has 0 bridgehead atoms. The second-order valence-corrected chi connectivity index (χ2v) is 20.0. The van der Waals surface area contributed by atoms with Crippen molar-refractivity contribution in [2.75, 3.05) is 52.0 Å². The van der Waals surface area contributed by atoms with Crippen LogP contribution in [0.3, 0.4) is 0 Å². The minimum atomic E-state index is -0.650. The Kier molecular flexibility index (Phi) is 40.6. The van der Waals surface area contributed by atoms with Crippen LogP contribution in [0.5, 0.6) is 5.75 Å². The van der Waals surface area contributed by atoms with Crippen LogP contribution in [0.25, 0.3) is 0 Å². The van der Waals surface area contributed by atoms with Gasteiger partial charge in [0.15, 0.2) is 0 Å². The molecule has 0 saturated carbocycles. The number of esters is 2. The van der Waals surface area contributed by atoms with Gasteiger partial charge in [-0.05, 0) is 44.6 Å². The summed E-state index contributed by atoms with van der Waals surface area (Å²) >= 11 is 0. The van der Waals surface area contributed by atoms with E-state index < -0.39 is 6.16 Å². The van der Waals surface area contributed by atoms with Gasteiger partial charge in [0, 0.05) is 18.1 Å². The number of rotatable bonds is 44. The molecule has 0 unspecified atom stereocenters. The van der Waals surface area contributed by atoms with E-state index in [2.05, 4.69) is 13.8 Å². The first-order valence-corrected chi connectivity index (χ1v) is 27.5. The molecule has 0 saturated heterocycles. The smallest absolute Gasteiger partial charge is 0.465 e. The molecule has 354 valence electrons. The number of hydrogen-bond acceptors (Lipinski definition) is 10. The van der Waals surface area contributed by atoms with Crippen molar-refractivity contribution in [2.45, 2.75) is 213 Å². The minimum Gasteiger partial charge on any atom is -0.465 e. The number of ether oxygens (including phenoxy) is 4. The van der Waals surface area contributed by atoms with E-state index in [1.54, 1.807) is 33.7 Å². The summed E-state index contributed by atoms with van der Waals surface area (Å²) in [6.07, 6.45) is 38.6. The molecule has 10 heteroatoms. The number of nitrogens with zero attached hydrogens (tertiary/aromatic N) is 1. The van der Waals surface area contributed by atoms with Gasteiger partial charge in [-0.1, -0.05) is 227 Å². The van der Waals surface area contributed by atoms with Crippen LogP contribution >= 0.6 is 21.6 Å². The van der Waals surface area contributed by atoms with Crippen LogP contribution in [0, 0.1) is 5.92 Å². The third kappa shape index (κ3) is 38.3. The third-order valence-electron chi connectivity index (χ3n) is 11.3. The Morgan fingerprint density at radius 2 is 0.885 bits per heavy atom. The Bertz CT molecular complexity index is 1120. The monoisotopic (exact) mass is 894 g/mol. The summed E-state index contributed by atoms with van der Waals surface area (Å²) in [6.45, 7) is 6.09. The van der Waals surface area contributed by atoms with Crippen molar-refractivity contribution >= 4 is 39.7 Å². The second-order valence-electron chi connectivity index (χ2n) is 17.3. The zero-order chi connectivity index (χ0) is 44.3. The summed E-state index contributed by atoms with van der Waals surface area (Å²) < 4.78 is 21.4. The highest BCUT2D eigenvalue weighted by Crippen LogP contribution is 2.24.